The van der Waals surface area contributed by atoms with E-state index in [1.54, 1.807) is 0 Å². The zero-order valence-corrected chi connectivity index (χ0v) is 11.0. The number of alkyl halides is 1. The molecule has 1 aliphatic rings. The molecule has 0 amide bonds. The monoisotopic (exact) mass is 295 g/mol. The van der Waals surface area contributed by atoms with Crippen molar-refractivity contribution in [3.05, 3.63) is 0 Å². The van der Waals surface area contributed by atoms with Crippen LogP contribution in [0.5, 0.6) is 0 Å². The lowest BCUT2D eigenvalue weighted by Gasteiger charge is -2.27. The van der Waals surface area contributed by atoms with Crippen LogP contribution in [0.25, 0.3) is 0 Å². The average Bonchev–Trinajstić information content (AvgIpc) is 2.05. The van der Waals surface area contributed by atoms with Crippen LogP contribution in [0.1, 0.15) is 52.4 Å². The van der Waals surface area contributed by atoms with Crippen molar-refractivity contribution < 1.29 is 0 Å². The molecule has 1 rings (SSSR count). The lowest BCUT2D eigenvalue weighted by molar-refractivity contribution is 0.376. The van der Waals surface area contributed by atoms with Gasteiger partial charge in [-0.15, -0.1) is 0 Å². The molecule has 1 aliphatic carbocycles. The molecule has 13 heavy (non-hydrogen) atoms. The molecule has 0 heterocycles. The zero-order chi connectivity index (χ0) is 9.90. The molecule has 2 heteroatoms. The lowest BCUT2D eigenvalue weighted by atomic mass is 9.89. The van der Waals surface area contributed by atoms with Crippen molar-refractivity contribution >= 4 is 22.6 Å². The van der Waals surface area contributed by atoms with Crippen LogP contribution in [0.2, 0.25) is 0 Å². The molecule has 0 aromatic heterocycles. The summed E-state index contributed by atoms with van der Waals surface area (Å²) in [6.45, 7) is 4.69. The summed E-state index contributed by atoms with van der Waals surface area (Å²) in [6.07, 6.45) is 7.98. The minimum Gasteiger partial charge on any atom is -0.327 e. The molecule has 3 unspecified atom stereocenters. The van der Waals surface area contributed by atoms with Crippen LogP contribution in [0.3, 0.4) is 0 Å². The molecule has 1 fully saturated rings. The molecule has 0 bridgehead atoms. The summed E-state index contributed by atoms with van der Waals surface area (Å²) in [4.78, 5) is 0. The zero-order valence-electron chi connectivity index (χ0n) is 8.85. The second kappa shape index (κ2) is 4.96. The van der Waals surface area contributed by atoms with Crippen molar-refractivity contribution in [2.45, 2.75) is 61.8 Å². The molecule has 1 saturated carbocycles. The molecule has 0 radical (unpaired) electrons. The molecular formula is C11H22IN. The molecule has 0 aromatic carbocycles. The van der Waals surface area contributed by atoms with E-state index in [0.29, 0.717) is 15.4 Å². The number of halogens is 1. The van der Waals surface area contributed by atoms with Gasteiger partial charge < -0.3 is 5.73 Å². The summed E-state index contributed by atoms with van der Waals surface area (Å²) >= 11 is 2.62. The first-order chi connectivity index (χ1) is 6.01. The smallest absolute Gasteiger partial charge is 0.0197 e. The Kier molecular flexibility index (Phi) is 4.49. The first-order valence-electron chi connectivity index (χ1n) is 5.46. The van der Waals surface area contributed by atoms with Crippen molar-refractivity contribution in [1.82, 2.24) is 0 Å². The van der Waals surface area contributed by atoms with E-state index in [0.717, 1.165) is 0 Å². The fraction of sp³-hybridized carbons (Fsp3) is 1.00. The minimum atomic E-state index is 0.437. The van der Waals surface area contributed by atoms with Gasteiger partial charge in [-0.2, -0.15) is 0 Å². The van der Waals surface area contributed by atoms with E-state index in [9.17, 15) is 0 Å². The molecule has 0 aliphatic heterocycles. The fourth-order valence-electron chi connectivity index (χ4n) is 2.26. The van der Waals surface area contributed by atoms with Gasteiger partial charge >= 0.3 is 0 Å². The van der Waals surface area contributed by atoms with Gasteiger partial charge in [-0.3, -0.25) is 0 Å². The van der Waals surface area contributed by atoms with Crippen LogP contribution in [0.4, 0.5) is 0 Å². The summed E-state index contributed by atoms with van der Waals surface area (Å²) in [6, 6.07) is 0.437. The summed E-state index contributed by atoms with van der Waals surface area (Å²) in [7, 11) is 0. The van der Waals surface area contributed by atoms with Crippen molar-refractivity contribution in [3.8, 4) is 0 Å². The maximum atomic E-state index is 6.13. The maximum absolute atomic E-state index is 6.13. The molecule has 0 saturated heterocycles. The van der Waals surface area contributed by atoms with Crippen LogP contribution in [-0.2, 0) is 0 Å². The Balaban J connectivity index is 2.55. The number of nitrogens with two attached hydrogens (primary N) is 1. The Labute approximate surface area is 96.0 Å². The molecule has 2 N–H and O–H groups in total. The highest BCUT2D eigenvalue weighted by molar-refractivity contribution is 14.1. The van der Waals surface area contributed by atoms with Crippen LogP contribution < -0.4 is 5.73 Å². The van der Waals surface area contributed by atoms with E-state index < -0.39 is 0 Å². The highest BCUT2D eigenvalue weighted by atomic mass is 127. The van der Waals surface area contributed by atoms with Gasteiger partial charge in [-0.05, 0) is 25.2 Å². The first kappa shape index (κ1) is 11.8. The van der Waals surface area contributed by atoms with Gasteiger partial charge in [0.05, 0.1) is 0 Å². The summed E-state index contributed by atoms with van der Waals surface area (Å²) in [5, 5.41) is 0. The molecule has 0 spiro atoms. The summed E-state index contributed by atoms with van der Waals surface area (Å²) in [5.41, 5.74) is 6.13. The highest BCUT2D eigenvalue weighted by Crippen LogP contribution is 2.35. The third kappa shape index (κ3) is 4.15. The molecule has 0 aromatic rings. The van der Waals surface area contributed by atoms with E-state index in [1.807, 2.05) is 0 Å². The van der Waals surface area contributed by atoms with Gasteiger partial charge in [0.1, 0.15) is 0 Å². The number of hydrogen-bond donors (Lipinski definition) is 1. The van der Waals surface area contributed by atoms with Crippen molar-refractivity contribution in [2.24, 2.45) is 11.7 Å². The van der Waals surface area contributed by atoms with Gasteiger partial charge in [0.2, 0.25) is 0 Å². The van der Waals surface area contributed by atoms with E-state index >= 15 is 0 Å². The predicted molar refractivity (Wildman–Crippen MR) is 67.3 cm³/mol. The minimum absolute atomic E-state index is 0.437. The SMILES string of the molecule is CC1CC(C)(I)CCCCCC1N. The van der Waals surface area contributed by atoms with Gasteiger partial charge in [-0.25, -0.2) is 0 Å². The summed E-state index contributed by atoms with van der Waals surface area (Å²) in [5.74, 6) is 0.694. The topological polar surface area (TPSA) is 26.0 Å². The second-order valence-corrected chi connectivity index (χ2v) is 7.46. The Morgan fingerprint density at radius 1 is 1.31 bits per heavy atom. The van der Waals surface area contributed by atoms with Gasteiger partial charge in [0.15, 0.2) is 0 Å². The number of hydrogen-bond acceptors (Lipinski definition) is 1. The van der Waals surface area contributed by atoms with Crippen LogP contribution in [-0.4, -0.2) is 9.46 Å². The van der Waals surface area contributed by atoms with E-state index in [1.165, 1.54) is 38.5 Å². The number of rotatable bonds is 0. The average molecular weight is 295 g/mol. The quantitative estimate of drug-likeness (QED) is 0.537. The van der Waals surface area contributed by atoms with Gasteiger partial charge in [0.25, 0.3) is 0 Å². The van der Waals surface area contributed by atoms with Crippen LogP contribution in [0, 0.1) is 5.92 Å². The largest absolute Gasteiger partial charge is 0.327 e. The third-order valence-electron chi connectivity index (χ3n) is 3.21. The van der Waals surface area contributed by atoms with Gasteiger partial charge in [0, 0.05) is 9.46 Å². The van der Waals surface area contributed by atoms with Crippen molar-refractivity contribution in [1.29, 1.82) is 0 Å². The lowest BCUT2D eigenvalue weighted by Crippen LogP contribution is -2.32. The normalized spacial score (nSPS) is 43.4. The van der Waals surface area contributed by atoms with E-state index in [4.69, 9.17) is 5.73 Å². The molecule has 1 nitrogen and oxygen atoms in total. The molecular weight excluding hydrogens is 273 g/mol. The highest BCUT2D eigenvalue weighted by Gasteiger charge is 2.26. The predicted octanol–water partition coefficient (Wildman–Crippen LogP) is 3.50. The summed E-state index contributed by atoms with van der Waals surface area (Å²) < 4.78 is 0.485. The molecule has 3 atom stereocenters. The standard InChI is InChI=1S/C11H22IN/c1-9-8-11(2,12)7-5-3-4-6-10(9)13/h9-10H,3-8,13H2,1-2H3. The Hall–Kier alpha value is 0.690. The Morgan fingerprint density at radius 2 is 2.00 bits per heavy atom. The second-order valence-electron chi connectivity index (χ2n) is 4.86. The van der Waals surface area contributed by atoms with Crippen LogP contribution in [0.15, 0.2) is 0 Å². The van der Waals surface area contributed by atoms with Crippen molar-refractivity contribution in [2.75, 3.05) is 0 Å². The maximum Gasteiger partial charge on any atom is 0.0197 e. The first-order valence-corrected chi connectivity index (χ1v) is 6.54. The van der Waals surface area contributed by atoms with Crippen LogP contribution >= 0.6 is 22.6 Å². The Morgan fingerprint density at radius 3 is 2.69 bits per heavy atom. The van der Waals surface area contributed by atoms with Crippen molar-refractivity contribution in [3.63, 3.8) is 0 Å². The molecule has 78 valence electrons. The Bertz CT molecular complexity index is 156. The van der Waals surface area contributed by atoms with E-state index in [-0.39, 0.29) is 0 Å². The fourth-order valence-corrected chi connectivity index (χ4v) is 3.34. The van der Waals surface area contributed by atoms with Gasteiger partial charge in [-0.1, -0.05) is 55.7 Å². The van der Waals surface area contributed by atoms with E-state index in [2.05, 4.69) is 36.4 Å². The third-order valence-corrected chi connectivity index (χ3v) is 4.19.